The predicted octanol–water partition coefficient (Wildman–Crippen LogP) is 3.77. The van der Waals surface area contributed by atoms with Gasteiger partial charge in [0.1, 0.15) is 12.4 Å². The minimum atomic E-state index is -0.545. The maximum atomic E-state index is 12.6. The number of ether oxygens (including phenoxy) is 2. The van der Waals surface area contributed by atoms with Crippen LogP contribution >= 0.6 is 0 Å². The van der Waals surface area contributed by atoms with Crippen molar-refractivity contribution in [1.29, 1.82) is 0 Å². The van der Waals surface area contributed by atoms with Gasteiger partial charge in [-0.2, -0.15) is 0 Å². The molecule has 8 heteroatoms. The molecule has 34 heavy (non-hydrogen) atoms. The number of hydrogen-bond acceptors (Lipinski definition) is 6. The molecule has 3 aromatic carbocycles. The molecule has 4 rings (SSSR count). The van der Waals surface area contributed by atoms with Gasteiger partial charge in [0.25, 0.3) is 5.91 Å². The quantitative estimate of drug-likeness (QED) is 0.379. The van der Waals surface area contributed by atoms with Crippen molar-refractivity contribution < 1.29 is 19.1 Å². The third-order valence-electron chi connectivity index (χ3n) is 5.80. The van der Waals surface area contributed by atoms with Crippen molar-refractivity contribution in [3.05, 3.63) is 89.0 Å². The van der Waals surface area contributed by atoms with Gasteiger partial charge in [-0.1, -0.05) is 42.5 Å². The Balaban J connectivity index is 1.29. The molecular formula is C26H28N4O4. The van der Waals surface area contributed by atoms with Gasteiger partial charge in [-0.25, -0.2) is 4.79 Å². The highest BCUT2D eigenvalue weighted by Crippen LogP contribution is 2.38. The average Bonchev–Trinajstić information content (AvgIpc) is 3.59. The van der Waals surface area contributed by atoms with E-state index in [0.29, 0.717) is 34.2 Å². The van der Waals surface area contributed by atoms with Crippen LogP contribution in [0.1, 0.15) is 39.4 Å². The van der Waals surface area contributed by atoms with Crippen molar-refractivity contribution in [2.24, 2.45) is 5.73 Å². The van der Waals surface area contributed by atoms with E-state index < -0.39 is 6.09 Å². The predicted molar refractivity (Wildman–Crippen MR) is 131 cm³/mol. The van der Waals surface area contributed by atoms with Crippen LogP contribution in [-0.2, 0) is 17.9 Å². The number of nitrogens with one attached hydrogen (secondary N) is 2. The topological polar surface area (TPSA) is 129 Å². The van der Waals surface area contributed by atoms with Gasteiger partial charge in [0.05, 0.1) is 18.5 Å². The molecule has 0 aliphatic heterocycles. The molecule has 2 atom stereocenters. The van der Waals surface area contributed by atoms with Crippen molar-refractivity contribution in [2.75, 3.05) is 18.2 Å². The number of nitrogens with two attached hydrogens (primary N) is 2. The van der Waals surface area contributed by atoms with Crippen molar-refractivity contribution in [2.45, 2.75) is 31.5 Å². The minimum Gasteiger partial charge on any atom is -0.496 e. The normalized spacial score (nSPS) is 16.4. The Morgan fingerprint density at radius 2 is 1.79 bits per heavy atom. The lowest BCUT2D eigenvalue weighted by Gasteiger charge is -2.13. The van der Waals surface area contributed by atoms with Crippen molar-refractivity contribution >= 4 is 23.4 Å². The Bertz CT molecular complexity index is 1180. The number of carbonyl (C=O) groups is 2. The van der Waals surface area contributed by atoms with Crippen LogP contribution in [0.3, 0.4) is 0 Å². The second-order valence-corrected chi connectivity index (χ2v) is 8.25. The van der Waals surface area contributed by atoms with E-state index in [-0.39, 0.29) is 25.1 Å². The Hall–Kier alpha value is -4.04. The average molecular weight is 461 g/mol. The molecule has 1 aliphatic carbocycles. The molecule has 1 unspecified atom stereocenters. The maximum Gasteiger partial charge on any atom is 0.407 e. The summed E-state index contributed by atoms with van der Waals surface area (Å²) in [6, 6.07) is 20.2. The molecule has 0 heterocycles. The first-order chi connectivity index (χ1) is 16.4. The summed E-state index contributed by atoms with van der Waals surface area (Å²) in [7, 11) is 1.51. The third-order valence-corrected chi connectivity index (χ3v) is 5.80. The lowest BCUT2D eigenvalue weighted by Crippen LogP contribution is -2.24. The van der Waals surface area contributed by atoms with Crippen molar-refractivity contribution in [1.82, 2.24) is 5.32 Å². The monoisotopic (exact) mass is 460 g/mol. The summed E-state index contributed by atoms with van der Waals surface area (Å²) in [5, 5.41) is 5.49. The maximum absolute atomic E-state index is 12.6. The van der Waals surface area contributed by atoms with Gasteiger partial charge in [-0.05, 0) is 41.8 Å². The Morgan fingerprint density at radius 3 is 2.47 bits per heavy atom. The summed E-state index contributed by atoms with van der Waals surface area (Å²) in [4.78, 5) is 24.8. The summed E-state index contributed by atoms with van der Waals surface area (Å²) < 4.78 is 10.7. The Morgan fingerprint density at radius 1 is 1.06 bits per heavy atom. The molecule has 0 aromatic heterocycles. The zero-order valence-corrected chi connectivity index (χ0v) is 18.9. The summed E-state index contributed by atoms with van der Waals surface area (Å²) in [6.07, 6.45) is 0.478. The van der Waals surface area contributed by atoms with E-state index in [4.69, 9.17) is 20.9 Å². The zero-order chi connectivity index (χ0) is 24.1. The first-order valence-corrected chi connectivity index (χ1v) is 11.0. The van der Waals surface area contributed by atoms with Gasteiger partial charge < -0.3 is 31.6 Å². The number of methoxy groups -OCH3 is 1. The summed E-state index contributed by atoms with van der Waals surface area (Å²) >= 11 is 0. The van der Waals surface area contributed by atoms with E-state index in [2.05, 4.69) is 10.6 Å². The molecule has 8 nitrogen and oxygen atoms in total. The molecule has 0 saturated heterocycles. The van der Waals surface area contributed by atoms with Crippen LogP contribution in [0.25, 0.3) is 0 Å². The van der Waals surface area contributed by atoms with E-state index >= 15 is 0 Å². The summed E-state index contributed by atoms with van der Waals surface area (Å²) in [5.74, 6) is 0.606. The standard InChI is InChI=1S/C26H28N4O4/c1-33-24-12-18(25(31)30-23-5-3-2-4-21(23)27)10-11-19(24)14-29-26(32)34-15-16-6-8-17(9-7-16)20-13-22(20)28/h2-12,20,22H,13-15,27-28H2,1H3,(H,29,32)(H,30,31)/t20?,22-/m0/s1. The highest BCUT2D eigenvalue weighted by atomic mass is 16.5. The van der Waals surface area contributed by atoms with Crippen LogP contribution in [0.5, 0.6) is 5.75 Å². The number of para-hydroxylation sites is 2. The molecule has 0 bridgehead atoms. The molecule has 1 fully saturated rings. The van der Waals surface area contributed by atoms with Gasteiger partial charge in [-0.15, -0.1) is 0 Å². The lowest BCUT2D eigenvalue weighted by molar-refractivity contribution is 0.102. The number of hydrogen-bond donors (Lipinski definition) is 4. The second-order valence-electron chi connectivity index (χ2n) is 8.25. The minimum absolute atomic E-state index is 0.168. The van der Waals surface area contributed by atoms with E-state index in [9.17, 15) is 9.59 Å². The molecule has 0 radical (unpaired) electrons. The Labute approximate surface area is 198 Å². The SMILES string of the molecule is COc1cc(C(=O)Nc2ccccc2N)ccc1CNC(=O)OCc1ccc(C2C[C@@H]2N)cc1. The second kappa shape index (κ2) is 10.3. The van der Waals surface area contributed by atoms with Gasteiger partial charge >= 0.3 is 6.09 Å². The molecule has 3 aromatic rings. The third kappa shape index (κ3) is 5.65. The van der Waals surface area contributed by atoms with Crippen LogP contribution in [0.2, 0.25) is 0 Å². The van der Waals surface area contributed by atoms with E-state index in [1.165, 1.54) is 12.7 Å². The van der Waals surface area contributed by atoms with Crippen LogP contribution in [0, 0.1) is 0 Å². The molecular weight excluding hydrogens is 432 g/mol. The molecule has 1 aliphatic rings. The molecule has 2 amide bonds. The largest absolute Gasteiger partial charge is 0.496 e. The zero-order valence-electron chi connectivity index (χ0n) is 18.9. The Kier molecular flexibility index (Phi) is 6.98. The molecule has 1 saturated carbocycles. The van der Waals surface area contributed by atoms with Crippen LogP contribution in [0.4, 0.5) is 16.2 Å². The fraction of sp³-hybridized carbons (Fsp3) is 0.231. The number of nitrogen functional groups attached to an aromatic ring is 1. The summed E-state index contributed by atoms with van der Waals surface area (Å²) in [5.41, 5.74) is 16.0. The molecule has 6 N–H and O–H groups in total. The highest BCUT2D eigenvalue weighted by Gasteiger charge is 2.34. The number of anilines is 2. The number of amides is 2. The van der Waals surface area contributed by atoms with E-state index in [1.807, 2.05) is 24.3 Å². The fourth-order valence-electron chi connectivity index (χ4n) is 3.66. The van der Waals surface area contributed by atoms with E-state index in [0.717, 1.165) is 12.0 Å². The first kappa shape index (κ1) is 23.1. The van der Waals surface area contributed by atoms with Gasteiger partial charge in [-0.3, -0.25) is 4.79 Å². The van der Waals surface area contributed by atoms with E-state index in [1.54, 1.807) is 42.5 Å². The molecule has 0 spiro atoms. The van der Waals surface area contributed by atoms with Gasteiger partial charge in [0, 0.05) is 29.6 Å². The smallest absolute Gasteiger partial charge is 0.407 e. The van der Waals surface area contributed by atoms with Crippen molar-refractivity contribution in [3.63, 3.8) is 0 Å². The van der Waals surface area contributed by atoms with Crippen LogP contribution in [0.15, 0.2) is 66.7 Å². The van der Waals surface area contributed by atoms with Gasteiger partial charge in [0.2, 0.25) is 0 Å². The number of carbonyl (C=O) groups excluding carboxylic acids is 2. The highest BCUT2D eigenvalue weighted by molar-refractivity contribution is 6.06. The summed E-state index contributed by atoms with van der Waals surface area (Å²) in [6.45, 7) is 0.357. The number of alkyl carbamates (subject to hydrolysis) is 1. The van der Waals surface area contributed by atoms with Crippen LogP contribution < -0.4 is 26.8 Å². The molecule has 176 valence electrons. The van der Waals surface area contributed by atoms with Crippen LogP contribution in [-0.4, -0.2) is 25.2 Å². The van der Waals surface area contributed by atoms with Crippen molar-refractivity contribution in [3.8, 4) is 5.75 Å². The van der Waals surface area contributed by atoms with Gasteiger partial charge in [0.15, 0.2) is 0 Å². The fourth-order valence-corrected chi connectivity index (χ4v) is 3.66. The first-order valence-electron chi connectivity index (χ1n) is 11.0. The number of benzene rings is 3. The number of rotatable bonds is 8. The lowest BCUT2D eigenvalue weighted by atomic mass is 10.1.